The smallest absolute Gasteiger partial charge is 0.306 e. The second-order valence-electron chi connectivity index (χ2n) is 3.83. The Labute approximate surface area is 118 Å². The fraction of sp³-hybridized carbons (Fsp3) is 0.364. The first-order chi connectivity index (χ1) is 9.97. The number of nitrogens with two attached hydrogens (primary N) is 1. The highest BCUT2D eigenvalue weighted by Crippen LogP contribution is 2.27. The van der Waals surface area contributed by atoms with Gasteiger partial charge in [-0.1, -0.05) is 6.07 Å². The molecule has 1 rings (SSSR count). The monoisotopic (exact) mass is 304 g/mol. The zero-order valence-electron chi connectivity index (χ0n) is 10.8. The molecule has 0 saturated carbocycles. The van der Waals surface area contributed by atoms with Crippen LogP contribution in [0.2, 0.25) is 0 Å². The maximum absolute atomic E-state index is 11.8. The number of nitro benzene ring substituents is 1. The standard InChI is InChI=1S/C11H14F2N4O4/c12-9(13)6-21-5-4-15-11(18)7-2-1-3-8(16-14)10(7)17(19)20/h1-3,9,16H,4-6,14H2,(H,15,18). The molecule has 0 saturated heterocycles. The third-order valence-electron chi connectivity index (χ3n) is 2.39. The van der Waals surface area contributed by atoms with Crippen LogP contribution in [0.1, 0.15) is 10.4 Å². The van der Waals surface area contributed by atoms with E-state index in [1.54, 1.807) is 0 Å². The first-order valence-corrected chi connectivity index (χ1v) is 5.85. The van der Waals surface area contributed by atoms with E-state index in [0.29, 0.717) is 0 Å². The second-order valence-corrected chi connectivity index (χ2v) is 3.83. The van der Waals surface area contributed by atoms with E-state index in [1.807, 2.05) is 0 Å². The Bertz CT molecular complexity index is 513. The number of hydrogen-bond acceptors (Lipinski definition) is 6. The van der Waals surface area contributed by atoms with Crippen molar-refractivity contribution in [2.75, 3.05) is 25.2 Å². The molecule has 116 valence electrons. The number of carbonyl (C=O) groups excluding carboxylic acids is 1. The molecule has 0 aliphatic heterocycles. The second kappa shape index (κ2) is 8.07. The van der Waals surface area contributed by atoms with Crippen LogP contribution in [-0.2, 0) is 4.74 Å². The quantitative estimate of drug-likeness (QED) is 0.284. The fourth-order valence-corrected chi connectivity index (χ4v) is 1.54. The number of ether oxygens (including phenoxy) is 1. The Kier molecular flexibility index (Phi) is 6.43. The summed E-state index contributed by atoms with van der Waals surface area (Å²) in [5.74, 6) is 4.43. The molecule has 1 aromatic carbocycles. The van der Waals surface area contributed by atoms with Gasteiger partial charge in [0, 0.05) is 6.54 Å². The largest absolute Gasteiger partial charge is 0.374 e. The summed E-state index contributed by atoms with van der Waals surface area (Å²) >= 11 is 0. The predicted molar refractivity (Wildman–Crippen MR) is 70.1 cm³/mol. The van der Waals surface area contributed by atoms with E-state index in [-0.39, 0.29) is 24.4 Å². The van der Waals surface area contributed by atoms with Crippen LogP contribution in [0.25, 0.3) is 0 Å². The average Bonchev–Trinajstić information content (AvgIpc) is 2.45. The van der Waals surface area contributed by atoms with Gasteiger partial charge in [0.15, 0.2) is 0 Å². The summed E-state index contributed by atoms with van der Waals surface area (Å²) in [6.07, 6.45) is -2.59. The van der Waals surface area contributed by atoms with Crippen LogP contribution in [0.3, 0.4) is 0 Å². The van der Waals surface area contributed by atoms with Crippen molar-refractivity contribution >= 4 is 17.3 Å². The van der Waals surface area contributed by atoms with Crippen LogP contribution >= 0.6 is 0 Å². The van der Waals surface area contributed by atoms with Gasteiger partial charge < -0.3 is 15.5 Å². The number of anilines is 1. The summed E-state index contributed by atoms with van der Waals surface area (Å²) < 4.78 is 28.2. The third kappa shape index (κ3) is 4.93. The molecule has 0 radical (unpaired) electrons. The molecule has 10 heteroatoms. The molecule has 0 heterocycles. The molecule has 0 bridgehead atoms. The van der Waals surface area contributed by atoms with Gasteiger partial charge in [-0.15, -0.1) is 0 Å². The lowest BCUT2D eigenvalue weighted by molar-refractivity contribution is -0.384. The summed E-state index contributed by atoms with van der Waals surface area (Å²) in [5, 5.41) is 13.3. The first kappa shape index (κ1) is 16.7. The van der Waals surface area contributed by atoms with Gasteiger partial charge in [0.05, 0.1) is 11.5 Å². The van der Waals surface area contributed by atoms with Crippen molar-refractivity contribution in [2.45, 2.75) is 6.43 Å². The average molecular weight is 304 g/mol. The highest BCUT2D eigenvalue weighted by molar-refractivity contribution is 6.00. The number of amides is 1. The summed E-state index contributed by atoms with van der Waals surface area (Å²) in [6, 6.07) is 4.03. The number of rotatable bonds is 8. The third-order valence-corrected chi connectivity index (χ3v) is 2.39. The van der Waals surface area contributed by atoms with Crippen LogP contribution in [0.5, 0.6) is 0 Å². The molecule has 4 N–H and O–H groups in total. The van der Waals surface area contributed by atoms with Gasteiger partial charge in [0.2, 0.25) is 0 Å². The molecule has 21 heavy (non-hydrogen) atoms. The molecule has 1 aromatic rings. The number of nitrogen functional groups attached to an aromatic ring is 1. The van der Waals surface area contributed by atoms with Crippen molar-refractivity contribution in [3.63, 3.8) is 0 Å². The first-order valence-electron chi connectivity index (χ1n) is 5.85. The maximum Gasteiger partial charge on any atom is 0.306 e. The van der Waals surface area contributed by atoms with E-state index in [2.05, 4.69) is 15.5 Å². The van der Waals surface area contributed by atoms with Crippen LogP contribution in [0.4, 0.5) is 20.2 Å². The lowest BCUT2D eigenvalue weighted by Crippen LogP contribution is -2.28. The number of carbonyl (C=O) groups is 1. The SMILES string of the molecule is NNc1cccc(C(=O)NCCOCC(F)F)c1[N+](=O)[O-]. The summed E-state index contributed by atoms with van der Waals surface area (Å²) in [4.78, 5) is 22.1. The number of benzene rings is 1. The van der Waals surface area contributed by atoms with Gasteiger partial charge in [-0.05, 0) is 12.1 Å². The van der Waals surface area contributed by atoms with Crippen LogP contribution in [0, 0.1) is 10.1 Å². The highest BCUT2D eigenvalue weighted by Gasteiger charge is 2.23. The van der Waals surface area contributed by atoms with E-state index in [0.717, 1.165) is 0 Å². The normalized spacial score (nSPS) is 10.5. The minimum absolute atomic E-state index is 0.0124. The van der Waals surface area contributed by atoms with Gasteiger partial charge in [-0.25, -0.2) is 8.78 Å². The van der Waals surface area contributed by atoms with Gasteiger partial charge in [0.1, 0.15) is 17.9 Å². The van der Waals surface area contributed by atoms with Crippen molar-refractivity contribution in [3.05, 3.63) is 33.9 Å². The number of halogens is 2. The van der Waals surface area contributed by atoms with Crippen LogP contribution in [-0.4, -0.2) is 37.0 Å². The van der Waals surface area contributed by atoms with E-state index < -0.39 is 29.6 Å². The van der Waals surface area contributed by atoms with Crippen LogP contribution < -0.4 is 16.6 Å². The lowest BCUT2D eigenvalue weighted by Gasteiger charge is -2.08. The van der Waals surface area contributed by atoms with E-state index >= 15 is 0 Å². The number of alkyl halides is 2. The van der Waals surface area contributed by atoms with Crippen LogP contribution in [0.15, 0.2) is 18.2 Å². The lowest BCUT2D eigenvalue weighted by atomic mass is 10.1. The summed E-state index contributed by atoms with van der Waals surface area (Å²) in [6.45, 7) is -0.912. The topological polar surface area (TPSA) is 120 Å². The Hall–Kier alpha value is -2.33. The van der Waals surface area contributed by atoms with Gasteiger partial charge >= 0.3 is 5.69 Å². The number of para-hydroxylation sites is 1. The van der Waals surface area contributed by atoms with Crippen molar-refractivity contribution < 1.29 is 23.2 Å². The summed E-state index contributed by atoms with van der Waals surface area (Å²) in [7, 11) is 0. The van der Waals surface area contributed by atoms with E-state index in [1.165, 1.54) is 18.2 Å². The number of nitro groups is 1. The molecule has 0 aliphatic rings. The Morgan fingerprint density at radius 2 is 2.19 bits per heavy atom. The zero-order valence-corrected chi connectivity index (χ0v) is 10.8. The fourth-order valence-electron chi connectivity index (χ4n) is 1.54. The molecular formula is C11H14F2N4O4. The molecule has 0 aliphatic carbocycles. The highest BCUT2D eigenvalue weighted by atomic mass is 19.3. The number of nitrogens with zero attached hydrogens (tertiary/aromatic N) is 1. The Morgan fingerprint density at radius 3 is 2.76 bits per heavy atom. The molecule has 0 aromatic heterocycles. The minimum Gasteiger partial charge on any atom is -0.374 e. The molecule has 8 nitrogen and oxygen atoms in total. The van der Waals surface area contributed by atoms with Gasteiger partial charge in [-0.2, -0.15) is 0 Å². The molecule has 1 amide bonds. The zero-order chi connectivity index (χ0) is 15.8. The predicted octanol–water partition coefficient (Wildman–Crippen LogP) is 0.892. The molecule has 0 atom stereocenters. The number of hydrazine groups is 1. The number of hydrogen-bond donors (Lipinski definition) is 3. The molecular weight excluding hydrogens is 290 g/mol. The van der Waals surface area contributed by atoms with Crippen molar-refractivity contribution in [1.82, 2.24) is 5.32 Å². The Balaban J connectivity index is 2.68. The van der Waals surface area contributed by atoms with Crippen molar-refractivity contribution in [3.8, 4) is 0 Å². The van der Waals surface area contributed by atoms with Gasteiger partial charge in [0.25, 0.3) is 12.3 Å². The minimum atomic E-state index is -2.59. The summed E-state index contributed by atoms with van der Waals surface area (Å²) in [5.41, 5.74) is 1.46. The maximum atomic E-state index is 11.8. The Morgan fingerprint density at radius 1 is 1.48 bits per heavy atom. The van der Waals surface area contributed by atoms with Crippen molar-refractivity contribution in [2.24, 2.45) is 5.84 Å². The van der Waals surface area contributed by atoms with E-state index in [9.17, 15) is 23.7 Å². The molecule has 0 spiro atoms. The van der Waals surface area contributed by atoms with Crippen molar-refractivity contribution in [1.29, 1.82) is 0 Å². The number of nitrogens with one attached hydrogen (secondary N) is 2. The molecule has 0 fully saturated rings. The molecule has 0 unspecified atom stereocenters. The van der Waals surface area contributed by atoms with Gasteiger partial charge in [-0.3, -0.25) is 20.8 Å². The van der Waals surface area contributed by atoms with E-state index in [4.69, 9.17) is 5.84 Å².